The largest absolute Gasteiger partial charge is 0.382 e. The molecule has 0 spiro atoms. The van der Waals surface area contributed by atoms with Gasteiger partial charge < -0.3 is 16.0 Å². The van der Waals surface area contributed by atoms with Crippen LogP contribution < -0.4 is 16.0 Å². The van der Waals surface area contributed by atoms with Gasteiger partial charge in [-0.15, -0.1) is 12.4 Å². The second-order valence-corrected chi connectivity index (χ2v) is 5.89. The van der Waals surface area contributed by atoms with E-state index in [2.05, 4.69) is 34.1 Å². The number of carbonyl (C=O) groups excluding carboxylic acids is 1. The summed E-state index contributed by atoms with van der Waals surface area (Å²) in [5.41, 5.74) is 6.46. The van der Waals surface area contributed by atoms with E-state index in [4.69, 9.17) is 17.3 Å². The first kappa shape index (κ1) is 19.9. The summed E-state index contributed by atoms with van der Waals surface area (Å²) in [6, 6.07) is 3.32. The number of nitrogens with one attached hydrogen (secondary N) is 1. The lowest BCUT2D eigenvalue weighted by Gasteiger charge is -2.21. The quantitative estimate of drug-likeness (QED) is 0.839. The van der Waals surface area contributed by atoms with Crippen molar-refractivity contribution in [1.29, 1.82) is 0 Å². The van der Waals surface area contributed by atoms with Crippen LogP contribution in [0, 0.1) is 5.92 Å². The predicted octanol–water partition coefficient (Wildman–Crippen LogP) is 2.87. The number of hydrogen-bond donors (Lipinski definition) is 2. The molecule has 24 heavy (non-hydrogen) atoms. The van der Waals surface area contributed by atoms with E-state index in [-0.39, 0.29) is 29.1 Å². The number of rotatable bonds is 5. The monoisotopic (exact) mass is 370 g/mol. The molecule has 2 rings (SSSR count). The van der Waals surface area contributed by atoms with Gasteiger partial charge in [0.2, 0.25) is 0 Å². The zero-order chi connectivity index (χ0) is 17.0. The number of nitrogens with zero attached hydrogens (tertiary/aromatic N) is 4. The molecule has 2 heterocycles. The smallest absolute Gasteiger partial charge is 0.278 e. The second kappa shape index (κ2) is 8.65. The van der Waals surface area contributed by atoms with Crippen LogP contribution in [0.1, 0.15) is 24.3 Å². The molecule has 0 aliphatic carbocycles. The van der Waals surface area contributed by atoms with E-state index in [0.717, 1.165) is 6.54 Å². The predicted molar refractivity (Wildman–Crippen MR) is 99.0 cm³/mol. The molecule has 130 valence electrons. The van der Waals surface area contributed by atoms with E-state index in [1.54, 1.807) is 24.5 Å². The first-order valence-corrected chi connectivity index (χ1v) is 7.51. The van der Waals surface area contributed by atoms with Gasteiger partial charge in [-0.05, 0) is 18.1 Å². The van der Waals surface area contributed by atoms with Crippen LogP contribution in [0.5, 0.6) is 0 Å². The summed E-state index contributed by atoms with van der Waals surface area (Å²) in [5, 5.41) is 2.81. The number of amides is 1. The molecule has 2 aromatic rings. The molecule has 0 unspecified atom stereocenters. The van der Waals surface area contributed by atoms with Crippen molar-refractivity contribution in [3.05, 3.63) is 35.4 Å². The van der Waals surface area contributed by atoms with Crippen LogP contribution in [0.25, 0.3) is 0 Å². The van der Waals surface area contributed by atoms with Gasteiger partial charge in [-0.25, -0.2) is 9.97 Å². The average molecular weight is 371 g/mol. The van der Waals surface area contributed by atoms with E-state index in [0.29, 0.717) is 17.4 Å². The fourth-order valence-corrected chi connectivity index (χ4v) is 2.36. The summed E-state index contributed by atoms with van der Waals surface area (Å²) in [6.45, 7) is 4.91. The third-order valence-electron chi connectivity index (χ3n) is 3.02. The highest BCUT2D eigenvalue weighted by Crippen LogP contribution is 2.24. The van der Waals surface area contributed by atoms with Gasteiger partial charge >= 0.3 is 0 Å². The third-order valence-corrected chi connectivity index (χ3v) is 3.27. The molecule has 0 aliphatic rings. The van der Waals surface area contributed by atoms with Gasteiger partial charge in [-0.1, -0.05) is 25.4 Å². The topological polar surface area (TPSA) is 97.0 Å². The van der Waals surface area contributed by atoms with Crippen LogP contribution in [0.3, 0.4) is 0 Å². The summed E-state index contributed by atoms with van der Waals surface area (Å²) in [6.07, 6.45) is 3.14. The first-order chi connectivity index (χ1) is 10.9. The highest BCUT2D eigenvalue weighted by Gasteiger charge is 2.19. The Labute approximate surface area is 152 Å². The Balaban J connectivity index is 0.00000288. The molecule has 0 atom stereocenters. The minimum absolute atomic E-state index is 0. The third kappa shape index (κ3) is 4.94. The molecule has 7 nitrogen and oxygen atoms in total. The fourth-order valence-electron chi connectivity index (χ4n) is 2.09. The van der Waals surface area contributed by atoms with Crippen LogP contribution in [0.15, 0.2) is 24.5 Å². The van der Waals surface area contributed by atoms with Crippen molar-refractivity contribution in [2.24, 2.45) is 5.92 Å². The standard InChI is InChI=1S/C15H19ClN6O.ClH/c1-9(2)8-22(3)14-12(16)20-11(13(17)21-14)15(23)19-10-4-6-18-7-5-10;/h4-7,9H,8H2,1-3H3,(H2,17,21)(H,18,19,23);1H. The van der Waals surface area contributed by atoms with Crippen molar-refractivity contribution in [2.45, 2.75) is 13.8 Å². The van der Waals surface area contributed by atoms with Crippen molar-refractivity contribution in [3.63, 3.8) is 0 Å². The molecule has 0 aromatic carbocycles. The van der Waals surface area contributed by atoms with Crippen LogP contribution in [0.4, 0.5) is 17.3 Å². The number of nitrogen functional groups attached to an aromatic ring is 1. The van der Waals surface area contributed by atoms with Crippen LogP contribution in [-0.4, -0.2) is 34.5 Å². The number of nitrogens with two attached hydrogens (primary N) is 1. The average Bonchev–Trinajstić information content (AvgIpc) is 2.49. The molecule has 0 radical (unpaired) electrons. The zero-order valence-corrected chi connectivity index (χ0v) is 15.2. The van der Waals surface area contributed by atoms with Crippen molar-refractivity contribution in [1.82, 2.24) is 15.0 Å². The van der Waals surface area contributed by atoms with E-state index in [1.165, 1.54) is 0 Å². The van der Waals surface area contributed by atoms with Crippen LogP contribution in [0.2, 0.25) is 5.15 Å². The summed E-state index contributed by atoms with van der Waals surface area (Å²) >= 11 is 6.17. The Morgan fingerprint density at radius 1 is 1.33 bits per heavy atom. The zero-order valence-electron chi connectivity index (χ0n) is 13.7. The van der Waals surface area contributed by atoms with Crippen molar-refractivity contribution < 1.29 is 4.79 Å². The molecule has 2 aromatic heterocycles. The maximum Gasteiger partial charge on any atom is 0.278 e. The molecule has 0 saturated heterocycles. The van der Waals surface area contributed by atoms with E-state index in [9.17, 15) is 4.79 Å². The number of aromatic nitrogens is 3. The first-order valence-electron chi connectivity index (χ1n) is 7.14. The lowest BCUT2D eigenvalue weighted by molar-refractivity contribution is 0.102. The molecular formula is C15H20Cl2N6O. The van der Waals surface area contributed by atoms with Crippen molar-refractivity contribution >= 4 is 47.2 Å². The molecule has 9 heteroatoms. The Bertz CT molecular complexity index is 696. The molecule has 0 bridgehead atoms. The van der Waals surface area contributed by atoms with Gasteiger partial charge in [0, 0.05) is 31.7 Å². The molecule has 3 N–H and O–H groups in total. The summed E-state index contributed by atoms with van der Waals surface area (Å²) < 4.78 is 0. The van der Waals surface area contributed by atoms with Crippen molar-refractivity contribution in [3.8, 4) is 0 Å². The molecule has 0 saturated carbocycles. The molecule has 0 aliphatic heterocycles. The van der Waals surface area contributed by atoms with E-state index in [1.807, 2.05) is 11.9 Å². The van der Waals surface area contributed by atoms with Crippen LogP contribution in [-0.2, 0) is 0 Å². The molecule has 1 amide bonds. The maximum atomic E-state index is 12.3. The Morgan fingerprint density at radius 3 is 2.54 bits per heavy atom. The highest BCUT2D eigenvalue weighted by molar-refractivity contribution is 6.32. The Hall–Kier alpha value is -2.12. The fraction of sp³-hybridized carbons (Fsp3) is 0.333. The maximum absolute atomic E-state index is 12.3. The van der Waals surface area contributed by atoms with Crippen molar-refractivity contribution in [2.75, 3.05) is 29.5 Å². The normalized spacial score (nSPS) is 10.2. The number of halogens is 2. The number of carbonyl (C=O) groups is 1. The van der Waals surface area contributed by atoms with Gasteiger partial charge in [0.05, 0.1) is 0 Å². The summed E-state index contributed by atoms with van der Waals surface area (Å²) in [5.74, 6) is 0.444. The van der Waals surface area contributed by atoms with Gasteiger partial charge in [-0.3, -0.25) is 9.78 Å². The van der Waals surface area contributed by atoms with Gasteiger partial charge in [0.1, 0.15) is 0 Å². The van der Waals surface area contributed by atoms with E-state index >= 15 is 0 Å². The minimum Gasteiger partial charge on any atom is -0.382 e. The second-order valence-electron chi connectivity index (χ2n) is 5.54. The number of pyridine rings is 1. The lowest BCUT2D eigenvalue weighted by Crippen LogP contribution is -2.26. The van der Waals surface area contributed by atoms with Gasteiger partial charge in [0.25, 0.3) is 5.91 Å². The van der Waals surface area contributed by atoms with Gasteiger partial charge in [0.15, 0.2) is 22.5 Å². The molecular weight excluding hydrogens is 351 g/mol. The molecule has 0 fully saturated rings. The summed E-state index contributed by atoms with van der Waals surface area (Å²) in [7, 11) is 1.85. The minimum atomic E-state index is -0.471. The van der Waals surface area contributed by atoms with E-state index < -0.39 is 5.91 Å². The number of hydrogen-bond acceptors (Lipinski definition) is 6. The number of anilines is 3. The Kier molecular flexibility index (Phi) is 7.18. The Morgan fingerprint density at radius 2 is 1.96 bits per heavy atom. The van der Waals surface area contributed by atoms with Gasteiger partial charge in [-0.2, -0.15) is 0 Å². The highest BCUT2D eigenvalue weighted by atomic mass is 35.5. The SMILES string of the molecule is CC(C)CN(C)c1nc(N)c(C(=O)Nc2ccncc2)nc1Cl.Cl. The van der Waals surface area contributed by atoms with Crippen LogP contribution >= 0.6 is 24.0 Å². The lowest BCUT2D eigenvalue weighted by atomic mass is 10.2. The summed E-state index contributed by atoms with van der Waals surface area (Å²) in [4.78, 5) is 26.3.